The maximum Gasteiger partial charge on any atom is 0.326 e. The molecule has 12 nitrogen and oxygen atoms in total. The molecule has 0 aromatic heterocycles. The molecule has 0 saturated carbocycles. The van der Waals surface area contributed by atoms with E-state index < -0.39 is 53.8 Å². The topological polar surface area (TPSA) is 191 Å². The number of carboxylic acid groups (broad SMARTS) is 1. The molecule has 54 heavy (non-hydrogen) atoms. The molecule has 5 rings (SSSR count). The molecular weight excluding hydrogens is 710 g/mol. The zero-order valence-electron chi connectivity index (χ0n) is 30.3. The number of aliphatic carboxylic acids is 1. The third kappa shape index (κ3) is 9.25. The fraction of sp³-hybridized carbons (Fsp3) is 0.293. The van der Waals surface area contributed by atoms with Gasteiger partial charge in [-0.1, -0.05) is 54.1 Å². The Hall–Kier alpha value is -5.72. The Morgan fingerprint density at radius 1 is 0.907 bits per heavy atom. The molecule has 1 heterocycles. The summed E-state index contributed by atoms with van der Waals surface area (Å²) in [6, 6.07) is 19.2. The number of halogens is 1. The van der Waals surface area contributed by atoms with Gasteiger partial charge in [0, 0.05) is 29.6 Å². The lowest BCUT2D eigenvalue weighted by Crippen LogP contribution is -2.54. The number of carbonyl (C=O) groups is 5. The molecule has 4 bridgehead atoms. The minimum Gasteiger partial charge on any atom is -0.507 e. The van der Waals surface area contributed by atoms with E-state index in [-0.39, 0.29) is 18.6 Å². The number of unbranched alkanes of at least 4 members (excludes halogenated alkanes) is 1. The summed E-state index contributed by atoms with van der Waals surface area (Å²) in [6.45, 7) is 3.63. The monoisotopic (exact) mass is 753 g/mol. The quantitative estimate of drug-likeness (QED) is 0.125. The van der Waals surface area contributed by atoms with Gasteiger partial charge in [0.15, 0.2) is 0 Å². The van der Waals surface area contributed by atoms with Crippen molar-refractivity contribution < 1.29 is 34.2 Å². The van der Waals surface area contributed by atoms with Crippen molar-refractivity contribution in [2.24, 2.45) is 5.73 Å². The summed E-state index contributed by atoms with van der Waals surface area (Å²) < 4.78 is 0. The number of aryl methyl sites for hydroxylation is 1. The highest BCUT2D eigenvalue weighted by atomic mass is 35.5. The Morgan fingerprint density at radius 2 is 1.57 bits per heavy atom. The highest BCUT2D eigenvalue weighted by Gasteiger charge is 2.35. The number of hydrogen-bond donors (Lipinski definition) is 6. The molecule has 4 amide bonds. The molecule has 4 aromatic carbocycles. The maximum absolute atomic E-state index is 14.4. The SMILES string of the molecule is Cc1ccc2cc1-c1cc(ccc1O)C[C@@H](C(=O)O)NC(=O)[C@H](C)NC(=O)[C@H]2N(C)C(=O)[C@H](CCCCN)NC(=O)c1ccc(-c2ccc(Cl)cc2)cc1. The first-order chi connectivity index (χ1) is 25.8. The third-order valence-electron chi connectivity index (χ3n) is 9.59. The minimum atomic E-state index is -1.32. The highest BCUT2D eigenvalue weighted by Crippen LogP contribution is 2.36. The number of carbonyl (C=O) groups excluding carboxylic acids is 4. The van der Waals surface area contributed by atoms with Crippen LogP contribution >= 0.6 is 11.6 Å². The van der Waals surface area contributed by atoms with Gasteiger partial charge in [-0.2, -0.15) is 0 Å². The fourth-order valence-corrected chi connectivity index (χ4v) is 6.61. The average molecular weight is 754 g/mol. The lowest BCUT2D eigenvalue weighted by molar-refractivity contribution is -0.143. The van der Waals surface area contributed by atoms with Gasteiger partial charge in [0.2, 0.25) is 17.7 Å². The first kappa shape index (κ1) is 39.5. The van der Waals surface area contributed by atoms with Crippen LogP contribution in [-0.4, -0.2) is 76.4 Å². The Bertz CT molecular complexity index is 2040. The van der Waals surface area contributed by atoms with Crippen LogP contribution in [0.15, 0.2) is 84.9 Å². The first-order valence-electron chi connectivity index (χ1n) is 17.7. The maximum atomic E-state index is 14.4. The van der Waals surface area contributed by atoms with Gasteiger partial charge in [-0.05, 0) is 115 Å². The van der Waals surface area contributed by atoms with Gasteiger partial charge in [0.25, 0.3) is 5.91 Å². The van der Waals surface area contributed by atoms with E-state index in [4.69, 9.17) is 17.3 Å². The number of phenols is 1. The van der Waals surface area contributed by atoms with Crippen LogP contribution < -0.4 is 21.7 Å². The van der Waals surface area contributed by atoms with Gasteiger partial charge >= 0.3 is 5.97 Å². The van der Waals surface area contributed by atoms with E-state index in [0.717, 1.165) is 16.7 Å². The summed E-state index contributed by atoms with van der Waals surface area (Å²) in [5.74, 6) is -3.85. The summed E-state index contributed by atoms with van der Waals surface area (Å²) in [5, 5.41) is 29.5. The van der Waals surface area contributed by atoms with Crippen LogP contribution in [0.4, 0.5) is 0 Å². The number of aromatic hydroxyl groups is 1. The molecule has 13 heteroatoms. The Balaban J connectivity index is 1.50. The summed E-state index contributed by atoms with van der Waals surface area (Å²) in [7, 11) is 1.45. The van der Waals surface area contributed by atoms with E-state index in [0.29, 0.717) is 52.2 Å². The second-order valence-electron chi connectivity index (χ2n) is 13.5. The van der Waals surface area contributed by atoms with Crippen LogP contribution in [0.25, 0.3) is 22.3 Å². The van der Waals surface area contributed by atoms with Gasteiger partial charge < -0.3 is 36.8 Å². The largest absolute Gasteiger partial charge is 0.507 e. The molecule has 4 aromatic rings. The van der Waals surface area contributed by atoms with Crippen LogP contribution in [0, 0.1) is 6.92 Å². The fourth-order valence-electron chi connectivity index (χ4n) is 6.49. The molecule has 1 aliphatic rings. The number of likely N-dealkylation sites (N-methyl/N-ethyl adjacent to an activating group) is 1. The zero-order chi connectivity index (χ0) is 39.1. The normalized spacial score (nSPS) is 17.7. The molecule has 0 aliphatic carbocycles. The van der Waals surface area contributed by atoms with Gasteiger partial charge in [0.1, 0.15) is 29.9 Å². The lowest BCUT2D eigenvalue weighted by Gasteiger charge is -2.32. The lowest BCUT2D eigenvalue weighted by atomic mass is 9.91. The van der Waals surface area contributed by atoms with Crippen molar-refractivity contribution in [1.82, 2.24) is 20.9 Å². The van der Waals surface area contributed by atoms with E-state index in [1.165, 1.54) is 24.9 Å². The minimum absolute atomic E-state index is 0.0720. The number of benzene rings is 4. The smallest absolute Gasteiger partial charge is 0.326 e. The van der Waals surface area contributed by atoms with Crippen molar-refractivity contribution >= 4 is 41.2 Å². The molecule has 0 unspecified atom stereocenters. The standard InChI is InChI=1S/C41H44ClN5O7/c1-23-7-9-29-22-31(23)32-20-25(8-18-35(32)48)21-34(41(53)54)46-37(49)24(2)44-39(51)36(29)47(3)40(52)33(6-4-5-19-43)45-38(50)28-12-10-26(11-13-28)27-14-16-30(42)17-15-27/h7-18,20,22,24,33-34,36,48H,4-6,19,21,43H2,1-3H3,(H,44,51)(H,45,50)(H,46,49)(H,53,54)/t24-,33-,34-,36-/m0/s1. The number of amides is 4. The summed E-state index contributed by atoms with van der Waals surface area (Å²) >= 11 is 6.03. The van der Waals surface area contributed by atoms with Crippen molar-refractivity contribution in [3.63, 3.8) is 0 Å². The summed E-state index contributed by atoms with van der Waals surface area (Å²) in [6.07, 6.45) is 1.27. The van der Waals surface area contributed by atoms with E-state index in [2.05, 4.69) is 16.0 Å². The Kier molecular flexibility index (Phi) is 12.7. The predicted octanol–water partition coefficient (Wildman–Crippen LogP) is 4.75. The van der Waals surface area contributed by atoms with E-state index >= 15 is 0 Å². The molecule has 7 N–H and O–H groups in total. The number of hydrogen-bond acceptors (Lipinski definition) is 7. The van der Waals surface area contributed by atoms with Crippen molar-refractivity contribution in [1.29, 1.82) is 0 Å². The van der Waals surface area contributed by atoms with Crippen molar-refractivity contribution in [3.8, 4) is 28.0 Å². The van der Waals surface area contributed by atoms with Crippen LogP contribution in [0.2, 0.25) is 5.02 Å². The molecule has 0 fully saturated rings. The van der Waals surface area contributed by atoms with Crippen LogP contribution in [0.3, 0.4) is 0 Å². The predicted molar refractivity (Wildman–Crippen MR) is 206 cm³/mol. The molecule has 282 valence electrons. The number of rotatable bonds is 10. The van der Waals surface area contributed by atoms with E-state index in [1.54, 1.807) is 66.7 Å². The van der Waals surface area contributed by atoms with Gasteiger partial charge in [-0.25, -0.2) is 4.79 Å². The number of nitrogens with zero attached hydrogens (tertiary/aromatic N) is 1. The van der Waals surface area contributed by atoms with Crippen LogP contribution in [0.5, 0.6) is 5.75 Å². The second kappa shape index (κ2) is 17.4. The van der Waals surface area contributed by atoms with Crippen molar-refractivity contribution in [2.45, 2.75) is 63.7 Å². The van der Waals surface area contributed by atoms with E-state index in [9.17, 15) is 34.2 Å². The van der Waals surface area contributed by atoms with Gasteiger partial charge in [0.05, 0.1) is 0 Å². The van der Waals surface area contributed by atoms with Crippen molar-refractivity contribution in [2.75, 3.05) is 13.6 Å². The third-order valence-corrected chi connectivity index (χ3v) is 9.85. The Morgan fingerprint density at radius 3 is 2.22 bits per heavy atom. The molecule has 0 spiro atoms. The van der Waals surface area contributed by atoms with E-state index in [1.807, 2.05) is 19.1 Å². The van der Waals surface area contributed by atoms with Crippen LogP contribution in [-0.2, 0) is 25.6 Å². The first-order valence-corrected chi connectivity index (χ1v) is 18.0. The molecule has 4 atom stereocenters. The summed E-state index contributed by atoms with van der Waals surface area (Å²) in [4.78, 5) is 68.8. The number of phenolic OH excluding ortho intramolecular Hbond substituents is 1. The number of nitrogens with two attached hydrogens (primary N) is 1. The number of fused-ring (bicyclic) bond motifs is 5. The molecule has 0 radical (unpaired) electrons. The summed E-state index contributed by atoms with van der Waals surface area (Å²) in [5.41, 5.74) is 10.5. The molecular formula is C41H44ClN5O7. The average Bonchev–Trinajstić information content (AvgIpc) is 3.15. The Labute approximate surface area is 318 Å². The number of nitrogens with one attached hydrogen (secondary N) is 3. The molecule has 1 aliphatic heterocycles. The second-order valence-corrected chi connectivity index (χ2v) is 13.9. The van der Waals surface area contributed by atoms with Gasteiger partial charge in [-0.15, -0.1) is 0 Å². The van der Waals surface area contributed by atoms with Crippen LogP contribution in [0.1, 0.15) is 59.3 Å². The van der Waals surface area contributed by atoms with Gasteiger partial charge in [-0.3, -0.25) is 19.2 Å². The zero-order valence-corrected chi connectivity index (χ0v) is 31.0. The molecule has 0 saturated heterocycles. The van der Waals surface area contributed by atoms with Crippen molar-refractivity contribution in [3.05, 3.63) is 112 Å². The number of carboxylic acids is 1. The highest BCUT2D eigenvalue weighted by molar-refractivity contribution is 6.30.